The van der Waals surface area contributed by atoms with Gasteiger partial charge in [-0.05, 0) is 78.4 Å². The highest BCUT2D eigenvalue weighted by molar-refractivity contribution is 5.65. The van der Waals surface area contributed by atoms with Crippen molar-refractivity contribution in [1.29, 1.82) is 0 Å². The van der Waals surface area contributed by atoms with E-state index in [9.17, 15) is 4.39 Å². The van der Waals surface area contributed by atoms with Crippen LogP contribution in [-0.4, -0.2) is 13.1 Å². The minimum atomic E-state index is -0.162. The maximum absolute atomic E-state index is 14.2. The number of halogens is 1. The maximum atomic E-state index is 14.2. The van der Waals surface area contributed by atoms with Gasteiger partial charge in [0.1, 0.15) is 18.2 Å². The highest BCUT2D eigenvalue weighted by atomic mass is 19.1. The lowest BCUT2D eigenvalue weighted by molar-refractivity contribution is 0.306. The minimum Gasteiger partial charge on any atom is -0.489 e. The fourth-order valence-electron chi connectivity index (χ4n) is 3.65. The topological polar surface area (TPSA) is 21.3 Å². The zero-order valence-corrected chi connectivity index (χ0v) is 15.3. The molecule has 0 saturated carbocycles. The third-order valence-electron chi connectivity index (χ3n) is 5.17. The van der Waals surface area contributed by atoms with Gasteiger partial charge in [-0.3, -0.25) is 0 Å². The standard InChI is InChI=1S/C24H24FNO/c25-23-15-21(14-22(16-23)20-10-12-26-13-11-20)19-6-8-24(9-7-19)27-17-18-4-2-1-3-5-18/h1-9,14-16,20,26H,10-13,17H2. The van der Waals surface area contributed by atoms with Crippen molar-refractivity contribution in [3.63, 3.8) is 0 Å². The van der Waals surface area contributed by atoms with Crippen LogP contribution in [0.15, 0.2) is 72.8 Å². The van der Waals surface area contributed by atoms with Crippen LogP contribution in [-0.2, 0) is 6.61 Å². The van der Waals surface area contributed by atoms with Crippen LogP contribution in [0.5, 0.6) is 5.75 Å². The molecule has 3 aromatic rings. The van der Waals surface area contributed by atoms with Crippen LogP contribution in [0, 0.1) is 5.82 Å². The Morgan fingerprint density at radius 1 is 0.852 bits per heavy atom. The summed E-state index contributed by atoms with van der Waals surface area (Å²) in [6.07, 6.45) is 2.13. The van der Waals surface area contributed by atoms with Crippen LogP contribution >= 0.6 is 0 Å². The molecule has 0 bridgehead atoms. The molecule has 1 fully saturated rings. The summed E-state index contributed by atoms with van der Waals surface area (Å²) in [5, 5.41) is 3.37. The SMILES string of the molecule is Fc1cc(-c2ccc(OCc3ccccc3)cc2)cc(C2CCNCC2)c1. The average Bonchev–Trinajstić information content (AvgIpc) is 2.73. The molecular formula is C24H24FNO. The third-order valence-corrected chi connectivity index (χ3v) is 5.17. The number of nitrogens with one attached hydrogen (secondary N) is 1. The summed E-state index contributed by atoms with van der Waals surface area (Å²) in [6.45, 7) is 2.55. The monoisotopic (exact) mass is 361 g/mol. The number of rotatable bonds is 5. The Kier molecular flexibility index (Phi) is 5.50. The van der Waals surface area contributed by atoms with Gasteiger partial charge in [0.25, 0.3) is 0 Å². The van der Waals surface area contributed by atoms with E-state index in [1.807, 2.05) is 54.6 Å². The summed E-state index contributed by atoms with van der Waals surface area (Å²) in [7, 11) is 0. The van der Waals surface area contributed by atoms with Crippen LogP contribution in [0.3, 0.4) is 0 Å². The predicted molar refractivity (Wildman–Crippen MR) is 107 cm³/mol. The largest absolute Gasteiger partial charge is 0.489 e. The van der Waals surface area contributed by atoms with Crippen molar-refractivity contribution in [2.45, 2.75) is 25.4 Å². The van der Waals surface area contributed by atoms with Crippen LogP contribution in [0.2, 0.25) is 0 Å². The van der Waals surface area contributed by atoms with E-state index in [0.717, 1.165) is 53.9 Å². The summed E-state index contributed by atoms with van der Waals surface area (Å²) in [5.74, 6) is 1.09. The van der Waals surface area contributed by atoms with Gasteiger partial charge in [-0.2, -0.15) is 0 Å². The second-order valence-electron chi connectivity index (χ2n) is 7.10. The van der Waals surface area contributed by atoms with Gasteiger partial charge < -0.3 is 10.1 Å². The van der Waals surface area contributed by atoms with Gasteiger partial charge in [0.05, 0.1) is 0 Å². The van der Waals surface area contributed by atoms with E-state index in [1.54, 1.807) is 12.1 Å². The molecule has 0 amide bonds. The Balaban J connectivity index is 1.49. The molecule has 1 aliphatic heterocycles. The van der Waals surface area contributed by atoms with E-state index < -0.39 is 0 Å². The molecular weight excluding hydrogens is 337 g/mol. The van der Waals surface area contributed by atoms with Crippen molar-refractivity contribution in [2.75, 3.05) is 13.1 Å². The molecule has 0 aromatic heterocycles. The smallest absolute Gasteiger partial charge is 0.124 e. The van der Waals surface area contributed by atoms with Gasteiger partial charge in [-0.25, -0.2) is 4.39 Å². The van der Waals surface area contributed by atoms with E-state index >= 15 is 0 Å². The van der Waals surface area contributed by atoms with Crippen LogP contribution in [0.1, 0.15) is 29.9 Å². The summed E-state index contributed by atoms with van der Waals surface area (Å²) in [5.41, 5.74) is 4.18. The number of piperidine rings is 1. The van der Waals surface area contributed by atoms with Crippen molar-refractivity contribution in [3.05, 3.63) is 89.7 Å². The maximum Gasteiger partial charge on any atom is 0.124 e. The number of hydrogen-bond acceptors (Lipinski definition) is 2. The molecule has 1 saturated heterocycles. The molecule has 1 aliphatic rings. The van der Waals surface area contributed by atoms with Gasteiger partial charge >= 0.3 is 0 Å². The number of hydrogen-bond donors (Lipinski definition) is 1. The molecule has 27 heavy (non-hydrogen) atoms. The van der Waals surface area contributed by atoms with E-state index in [0.29, 0.717) is 12.5 Å². The quantitative estimate of drug-likeness (QED) is 0.644. The van der Waals surface area contributed by atoms with Crippen molar-refractivity contribution in [3.8, 4) is 16.9 Å². The normalized spacial score (nSPS) is 14.9. The molecule has 0 atom stereocenters. The van der Waals surface area contributed by atoms with Crippen molar-refractivity contribution in [1.82, 2.24) is 5.32 Å². The first-order chi connectivity index (χ1) is 13.3. The summed E-state index contributed by atoms with van der Waals surface area (Å²) in [6, 6.07) is 23.4. The number of benzene rings is 3. The molecule has 0 aliphatic carbocycles. The Morgan fingerprint density at radius 2 is 1.59 bits per heavy atom. The van der Waals surface area contributed by atoms with Gasteiger partial charge in [0.15, 0.2) is 0 Å². The van der Waals surface area contributed by atoms with Crippen molar-refractivity contribution < 1.29 is 9.13 Å². The molecule has 1 N–H and O–H groups in total. The second-order valence-corrected chi connectivity index (χ2v) is 7.10. The van der Waals surface area contributed by atoms with E-state index in [1.165, 1.54) is 0 Å². The van der Waals surface area contributed by atoms with Gasteiger partial charge in [0.2, 0.25) is 0 Å². The Bertz CT molecular complexity index is 871. The van der Waals surface area contributed by atoms with Crippen LogP contribution in [0.4, 0.5) is 4.39 Å². The highest BCUT2D eigenvalue weighted by Gasteiger charge is 2.16. The van der Waals surface area contributed by atoms with Crippen molar-refractivity contribution in [2.24, 2.45) is 0 Å². The lowest BCUT2D eigenvalue weighted by Gasteiger charge is -2.23. The fraction of sp³-hybridized carbons (Fsp3) is 0.250. The third kappa shape index (κ3) is 4.55. The summed E-state index contributed by atoms with van der Waals surface area (Å²) in [4.78, 5) is 0. The van der Waals surface area contributed by atoms with Crippen molar-refractivity contribution >= 4 is 0 Å². The van der Waals surface area contributed by atoms with Crippen LogP contribution in [0.25, 0.3) is 11.1 Å². The van der Waals surface area contributed by atoms with E-state index in [2.05, 4.69) is 11.4 Å². The van der Waals surface area contributed by atoms with Gasteiger partial charge in [-0.1, -0.05) is 48.5 Å². The lowest BCUT2D eigenvalue weighted by atomic mass is 9.88. The first kappa shape index (κ1) is 17.7. The predicted octanol–water partition coefficient (Wildman–Crippen LogP) is 5.54. The second kappa shape index (κ2) is 8.36. The molecule has 1 heterocycles. The Hall–Kier alpha value is -2.65. The Labute approximate surface area is 160 Å². The van der Waals surface area contributed by atoms with Crippen LogP contribution < -0.4 is 10.1 Å². The summed E-state index contributed by atoms with van der Waals surface area (Å²) < 4.78 is 20.1. The molecule has 4 rings (SSSR count). The molecule has 138 valence electrons. The molecule has 3 aromatic carbocycles. The first-order valence-corrected chi connectivity index (χ1v) is 9.56. The fourth-order valence-corrected chi connectivity index (χ4v) is 3.65. The molecule has 0 spiro atoms. The van der Waals surface area contributed by atoms with Gasteiger partial charge in [0, 0.05) is 0 Å². The molecule has 3 heteroatoms. The van der Waals surface area contributed by atoms with Gasteiger partial charge in [-0.15, -0.1) is 0 Å². The molecule has 0 unspecified atom stereocenters. The van der Waals surface area contributed by atoms with E-state index in [-0.39, 0.29) is 5.82 Å². The lowest BCUT2D eigenvalue weighted by Crippen LogP contribution is -2.26. The zero-order valence-electron chi connectivity index (χ0n) is 15.3. The number of ether oxygens (including phenoxy) is 1. The highest BCUT2D eigenvalue weighted by Crippen LogP contribution is 2.31. The van der Waals surface area contributed by atoms with E-state index in [4.69, 9.17) is 4.74 Å². The minimum absolute atomic E-state index is 0.162. The average molecular weight is 361 g/mol. The zero-order chi connectivity index (χ0) is 18.5. The first-order valence-electron chi connectivity index (χ1n) is 9.56. The molecule has 0 radical (unpaired) electrons. The summed E-state index contributed by atoms with van der Waals surface area (Å²) >= 11 is 0. The Morgan fingerprint density at radius 3 is 2.33 bits per heavy atom. The molecule has 2 nitrogen and oxygen atoms in total.